The SMILES string of the molecule is [C-]#[N+]C(C)c1cccc(Cl)c1-c1ccc2c(c1)CC(=O)N2. The van der Waals surface area contributed by atoms with Crippen LogP contribution in [0.4, 0.5) is 5.69 Å². The van der Waals surface area contributed by atoms with E-state index >= 15 is 0 Å². The molecule has 0 radical (unpaired) electrons. The van der Waals surface area contributed by atoms with Crippen molar-refractivity contribution in [3.63, 3.8) is 0 Å². The topological polar surface area (TPSA) is 33.5 Å². The van der Waals surface area contributed by atoms with Crippen molar-refractivity contribution in [1.29, 1.82) is 0 Å². The van der Waals surface area contributed by atoms with Gasteiger partial charge in [0.25, 0.3) is 0 Å². The van der Waals surface area contributed by atoms with Gasteiger partial charge in [-0.1, -0.05) is 29.8 Å². The van der Waals surface area contributed by atoms with Crippen LogP contribution < -0.4 is 5.32 Å². The van der Waals surface area contributed by atoms with Gasteiger partial charge in [-0.05, 0) is 29.3 Å². The van der Waals surface area contributed by atoms with Crippen LogP contribution in [0.2, 0.25) is 5.02 Å². The molecule has 21 heavy (non-hydrogen) atoms. The average molecular weight is 297 g/mol. The van der Waals surface area contributed by atoms with Gasteiger partial charge < -0.3 is 10.2 Å². The molecule has 104 valence electrons. The van der Waals surface area contributed by atoms with E-state index in [-0.39, 0.29) is 11.9 Å². The maximum atomic E-state index is 11.5. The van der Waals surface area contributed by atoms with Crippen molar-refractivity contribution in [2.75, 3.05) is 5.32 Å². The Balaban J connectivity index is 2.16. The van der Waals surface area contributed by atoms with Crippen molar-refractivity contribution in [2.24, 2.45) is 0 Å². The third kappa shape index (κ3) is 2.39. The molecule has 0 saturated heterocycles. The maximum Gasteiger partial charge on any atom is 0.246 e. The molecule has 4 heteroatoms. The molecule has 3 rings (SSSR count). The second-order valence-electron chi connectivity index (χ2n) is 5.11. The summed E-state index contributed by atoms with van der Waals surface area (Å²) < 4.78 is 0. The lowest BCUT2D eigenvalue weighted by Crippen LogP contribution is -2.03. The zero-order chi connectivity index (χ0) is 15.0. The largest absolute Gasteiger partial charge is 0.326 e. The zero-order valence-electron chi connectivity index (χ0n) is 11.5. The molecule has 1 unspecified atom stereocenters. The summed E-state index contributed by atoms with van der Waals surface area (Å²) in [6.45, 7) is 9.11. The van der Waals surface area contributed by atoms with E-state index in [1.165, 1.54) is 0 Å². The molecule has 1 N–H and O–H groups in total. The monoisotopic (exact) mass is 296 g/mol. The van der Waals surface area contributed by atoms with Gasteiger partial charge in [-0.25, -0.2) is 6.57 Å². The van der Waals surface area contributed by atoms with Gasteiger partial charge in [-0.2, -0.15) is 0 Å². The third-order valence-corrected chi connectivity index (χ3v) is 4.02. The van der Waals surface area contributed by atoms with Gasteiger partial charge in [0.2, 0.25) is 11.9 Å². The van der Waals surface area contributed by atoms with E-state index in [1.54, 1.807) is 0 Å². The number of halogens is 1. The van der Waals surface area contributed by atoms with Crippen molar-refractivity contribution in [2.45, 2.75) is 19.4 Å². The van der Waals surface area contributed by atoms with Gasteiger partial charge in [0.15, 0.2) is 0 Å². The highest BCUT2D eigenvalue weighted by atomic mass is 35.5. The van der Waals surface area contributed by atoms with Crippen LogP contribution in [-0.2, 0) is 11.2 Å². The predicted octanol–water partition coefficient (Wildman–Crippen LogP) is 4.48. The molecule has 0 saturated carbocycles. The summed E-state index contributed by atoms with van der Waals surface area (Å²) in [7, 11) is 0. The average Bonchev–Trinajstić information content (AvgIpc) is 2.85. The van der Waals surface area contributed by atoms with E-state index in [0.29, 0.717) is 11.4 Å². The highest BCUT2D eigenvalue weighted by Crippen LogP contribution is 2.38. The maximum absolute atomic E-state index is 11.5. The molecule has 1 aliphatic heterocycles. The first kappa shape index (κ1) is 13.7. The summed E-state index contributed by atoms with van der Waals surface area (Å²) in [5, 5.41) is 3.44. The second kappa shape index (κ2) is 5.23. The molecule has 1 aliphatic rings. The van der Waals surface area contributed by atoms with E-state index in [1.807, 2.05) is 43.3 Å². The fourth-order valence-electron chi connectivity index (χ4n) is 2.65. The Morgan fingerprint density at radius 2 is 2.14 bits per heavy atom. The molecular weight excluding hydrogens is 284 g/mol. The highest BCUT2D eigenvalue weighted by Gasteiger charge is 2.21. The normalized spacial score (nSPS) is 14.2. The highest BCUT2D eigenvalue weighted by molar-refractivity contribution is 6.33. The van der Waals surface area contributed by atoms with E-state index in [4.69, 9.17) is 18.2 Å². The number of fused-ring (bicyclic) bond motifs is 1. The number of carbonyl (C=O) groups is 1. The molecule has 0 bridgehead atoms. The minimum Gasteiger partial charge on any atom is -0.326 e. The smallest absolute Gasteiger partial charge is 0.246 e. The molecule has 0 spiro atoms. The summed E-state index contributed by atoms with van der Waals surface area (Å²) in [5.41, 5.74) is 4.57. The molecule has 1 atom stereocenters. The lowest BCUT2D eigenvalue weighted by Gasteiger charge is -2.12. The summed E-state index contributed by atoms with van der Waals surface area (Å²) >= 11 is 6.36. The Labute approximate surface area is 128 Å². The number of hydrogen-bond acceptors (Lipinski definition) is 1. The molecule has 2 aromatic rings. The van der Waals surface area contributed by atoms with Crippen molar-refractivity contribution in [3.8, 4) is 11.1 Å². The van der Waals surface area contributed by atoms with E-state index < -0.39 is 0 Å². The molecule has 0 aromatic heterocycles. The lowest BCUT2D eigenvalue weighted by molar-refractivity contribution is -0.115. The van der Waals surface area contributed by atoms with Crippen LogP contribution in [0, 0.1) is 6.57 Å². The molecule has 1 amide bonds. The summed E-state index contributed by atoms with van der Waals surface area (Å²) in [4.78, 5) is 15.1. The molecule has 2 aromatic carbocycles. The first-order valence-corrected chi connectivity index (χ1v) is 7.06. The van der Waals surface area contributed by atoms with Crippen LogP contribution in [0.1, 0.15) is 24.1 Å². The van der Waals surface area contributed by atoms with E-state index in [2.05, 4.69) is 10.2 Å². The van der Waals surface area contributed by atoms with Crippen LogP contribution in [0.25, 0.3) is 16.0 Å². The van der Waals surface area contributed by atoms with Crippen LogP contribution >= 0.6 is 11.6 Å². The van der Waals surface area contributed by atoms with Gasteiger partial charge in [-0.15, -0.1) is 0 Å². The molecular formula is C17H13ClN2O. The minimum atomic E-state index is -0.258. The fourth-order valence-corrected chi connectivity index (χ4v) is 2.94. The number of nitrogens with one attached hydrogen (secondary N) is 1. The van der Waals surface area contributed by atoms with Crippen molar-refractivity contribution in [1.82, 2.24) is 0 Å². The first-order valence-electron chi connectivity index (χ1n) is 6.68. The van der Waals surface area contributed by atoms with Gasteiger partial charge in [-0.3, -0.25) is 4.79 Å². The number of amides is 1. The van der Waals surface area contributed by atoms with Gasteiger partial charge in [0, 0.05) is 28.8 Å². The molecule has 0 aliphatic carbocycles. The second-order valence-corrected chi connectivity index (χ2v) is 5.51. The summed E-state index contributed by atoms with van der Waals surface area (Å²) in [5.74, 6) is 0.0102. The zero-order valence-corrected chi connectivity index (χ0v) is 12.2. The number of rotatable bonds is 2. The summed E-state index contributed by atoms with van der Waals surface area (Å²) in [6.07, 6.45) is 0.390. The minimum absolute atomic E-state index is 0.0102. The predicted molar refractivity (Wildman–Crippen MR) is 84.2 cm³/mol. The first-order chi connectivity index (χ1) is 10.1. The van der Waals surface area contributed by atoms with Crippen LogP contribution in [0.3, 0.4) is 0 Å². The van der Waals surface area contributed by atoms with E-state index in [0.717, 1.165) is 27.9 Å². The number of benzene rings is 2. The van der Waals surface area contributed by atoms with Crippen LogP contribution in [0.15, 0.2) is 36.4 Å². The molecule has 3 nitrogen and oxygen atoms in total. The van der Waals surface area contributed by atoms with Crippen LogP contribution in [-0.4, -0.2) is 5.91 Å². The van der Waals surface area contributed by atoms with Crippen molar-refractivity contribution < 1.29 is 4.79 Å². The Hall–Kier alpha value is -2.31. The van der Waals surface area contributed by atoms with Crippen molar-refractivity contribution >= 4 is 23.2 Å². The summed E-state index contributed by atoms with van der Waals surface area (Å²) in [6, 6.07) is 11.2. The van der Waals surface area contributed by atoms with Crippen LogP contribution in [0.5, 0.6) is 0 Å². The van der Waals surface area contributed by atoms with Crippen molar-refractivity contribution in [3.05, 3.63) is 64.0 Å². The Morgan fingerprint density at radius 3 is 2.90 bits per heavy atom. The van der Waals surface area contributed by atoms with Gasteiger partial charge in [0.1, 0.15) is 0 Å². The standard InChI is InChI=1S/C17H13ClN2O/c1-10(19-2)13-4-3-5-14(18)17(13)11-6-7-15-12(8-11)9-16(21)20-15/h3-8,10H,9H2,1H3,(H,20,21). The molecule has 1 heterocycles. The number of nitrogens with zero attached hydrogens (tertiary/aromatic N) is 1. The number of anilines is 1. The lowest BCUT2D eigenvalue weighted by atomic mass is 9.94. The number of hydrogen-bond donors (Lipinski definition) is 1. The van der Waals surface area contributed by atoms with Gasteiger partial charge in [0.05, 0.1) is 6.42 Å². The Bertz CT molecular complexity index is 777. The van der Waals surface area contributed by atoms with Gasteiger partial charge >= 0.3 is 0 Å². The van der Waals surface area contributed by atoms with E-state index in [9.17, 15) is 4.79 Å². The Morgan fingerprint density at radius 1 is 1.33 bits per heavy atom. The fraction of sp³-hybridized carbons (Fsp3) is 0.176. The Kier molecular flexibility index (Phi) is 3.40. The number of carbonyl (C=O) groups excluding carboxylic acids is 1. The third-order valence-electron chi connectivity index (χ3n) is 3.71. The molecule has 0 fully saturated rings. The quantitative estimate of drug-likeness (QED) is 0.814.